The molecule has 0 aliphatic carbocycles. The summed E-state index contributed by atoms with van der Waals surface area (Å²) in [7, 11) is -2.42. The molecule has 0 fully saturated rings. The quantitative estimate of drug-likeness (QED) is 0.569. The summed E-state index contributed by atoms with van der Waals surface area (Å²) in [5.74, 6) is -0.468. The van der Waals surface area contributed by atoms with Gasteiger partial charge in [0.05, 0.1) is 26.2 Å². The Kier molecular flexibility index (Phi) is 6.17. The minimum absolute atomic E-state index is 0.144. The zero-order chi connectivity index (χ0) is 21.2. The van der Waals surface area contributed by atoms with E-state index < -0.39 is 15.9 Å². The Morgan fingerprint density at radius 1 is 0.931 bits per heavy atom. The molecule has 0 heterocycles. The summed E-state index contributed by atoms with van der Waals surface area (Å²) in [6, 6.07) is 17.7. The normalized spacial score (nSPS) is 11.2. The number of hydrogen-bond donors (Lipinski definition) is 1. The van der Waals surface area contributed by atoms with Gasteiger partial charge in [-0.25, -0.2) is 8.42 Å². The molecule has 8 heteroatoms. The molecule has 1 amide bonds. The van der Waals surface area contributed by atoms with Crippen LogP contribution in [0.15, 0.2) is 71.6 Å². The van der Waals surface area contributed by atoms with Crippen LogP contribution in [0.25, 0.3) is 0 Å². The van der Waals surface area contributed by atoms with Crippen LogP contribution in [0.2, 0.25) is 10.0 Å². The van der Waals surface area contributed by atoms with E-state index in [2.05, 4.69) is 5.32 Å². The molecule has 0 unspecified atom stereocenters. The fourth-order valence-corrected chi connectivity index (χ4v) is 4.22. The smallest absolute Gasteiger partial charge is 0.264 e. The fourth-order valence-electron chi connectivity index (χ4n) is 2.71. The standard InChI is InChI=1S/C21H18Cl2N2O3S/c1-14-7-10-16(11-8-14)29(27,28)25(2)20-6-4-3-5-17(20)21(26)24-15-9-12-18(22)19(23)13-15/h3-13H,1-2H3,(H,24,26). The lowest BCUT2D eigenvalue weighted by atomic mass is 10.1. The van der Waals surface area contributed by atoms with Crippen molar-refractivity contribution >= 4 is 50.5 Å². The molecule has 1 N–H and O–H groups in total. The van der Waals surface area contributed by atoms with Crippen LogP contribution < -0.4 is 9.62 Å². The number of aryl methyl sites for hydroxylation is 1. The first-order chi connectivity index (χ1) is 13.7. The summed E-state index contributed by atoms with van der Waals surface area (Å²) >= 11 is 11.9. The topological polar surface area (TPSA) is 66.5 Å². The summed E-state index contributed by atoms with van der Waals surface area (Å²) in [6.45, 7) is 1.88. The van der Waals surface area contributed by atoms with Crippen LogP contribution in [0.3, 0.4) is 0 Å². The highest BCUT2D eigenvalue weighted by Gasteiger charge is 2.25. The number of hydrogen-bond acceptors (Lipinski definition) is 3. The molecular weight excluding hydrogens is 431 g/mol. The van der Waals surface area contributed by atoms with Crippen molar-refractivity contribution in [3.05, 3.63) is 87.9 Å². The van der Waals surface area contributed by atoms with Gasteiger partial charge in [0, 0.05) is 12.7 Å². The second-order valence-electron chi connectivity index (χ2n) is 6.39. The van der Waals surface area contributed by atoms with Crippen molar-refractivity contribution in [2.75, 3.05) is 16.7 Å². The minimum atomic E-state index is -3.84. The molecule has 0 aromatic heterocycles. The third-order valence-electron chi connectivity index (χ3n) is 4.34. The van der Waals surface area contributed by atoms with E-state index in [0.717, 1.165) is 9.87 Å². The summed E-state index contributed by atoms with van der Waals surface area (Å²) in [4.78, 5) is 13.0. The van der Waals surface area contributed by atoms with Crippen molar-refractivity contribution in [3.8, 4) is 0 Å². The summed E-state index contributed by atoms with van der Waals surface area (Å²) < 4.78 is 27.1. The maximum absolute atomic E-state index is 13.0. The highest BCUT2D eigenvalue weighted by atomic mass is 35.5. The lowest BCUT2D eigenvalue weighted by Crippen LogP contribution is -2.29. The van der Waals surface area contributed by atoms with Gasteiger partial charge in [0.25, 0.3) is 15.9 Å². The van der Waals surface area contributed by atoms with Crippen LogP contribution in [0.1, 0.15) is 15.9 Å². The number of rotatable bonds is 5. The monoisotopic (exact) mass is 448 g/mol. The van der Waals surface area contributed by atoms with E-state index in [1.165, 1.54) is 13.1 Å². The highest BCUT2D eigenvalue weighted by Crippen LogP contribution is 2.28. The largest absolute Gasteiger partial charge is 0.322 e. The second-order valence-corrected chi connectivity index (χ2v) is 9.17. The number of carbonyl (C=O) groups excluding carboxylic acids is 1. The molecule has 3 rings (SSSR count). The molecule has 0 spiro atoms. The van der Waals surface area contributed by atoms with Gasteiger partial charge < -0.3 is 5.32 Å². The van der Waals surface area contributed by atoms with Gasteiger partial charge in [-0.3, -0.25) is 9.10 Å². The van der Waals surface area contributed by atoms with Crippen LogP contribution in [-0.4, -0.2) is 21.4 Å². The molecule has 29 heavy (non-hydrogen) atoms. The van der Waals surface area contributed by atoms with Crippen LogP contribution in [0.4, 0.5) is 11.4 Å². The van der Waals surface area contributed by atoms with E-state index in [1.807, 2.05) is 6.92 Å². The molecule has 0 aliphatic heterocycles. The Labute approximate surface area is 179 Å². The van der Waals surface area contributed by atoms with Gasteiger partial charge in [-0.15, -0.1) is 0 Å². The minimum Gasteiger partial charge on any atom is -0.322 e. The molecule has 0 aliphatic rings. The van der Waals surface area contributed by atoms with E-state index in [-0.39, 0.29) is 16.1 Å². The maximum atomic E-state index is 13.0. The number of halogens is 2. The van der Waals surface area contributed by atoms with Gasteiger partial charge in [-0.1, -0.05) is 53.0 Å². The SMILES string of the molecule is Cc1ccc(S(=O)(=O)N(C)c2ccccc2C(=O)Nc2ccc(Cl)c(Cl)c2)cc1. The number of anilines is 2. The average molecular weight is 449 g/mol. The summed E-state index contributed by atoms with van der Waals surface area (Å²) in [5.41, 5.74) is 1.86. The molecule has 5 nitrogen and oxygen atoms in total. The number of nitrogens with zero attached hydrogens (tertiary/aromatic N) is 1. The molecule has 0 atom stereocenters. The average Bonchev–Trinajstić information content (AvgIpc) is 2.70. The zero-order valence-corrected chi connectivity index (χ0v) is 18.0. The van der Waals surface area contributed by atoms with Gasteiger partial charge >= 0.3 is 0 Å². The van der Waals surface area contributed by atoms with E-state index >= 15 is 0 Å². The van der Waals surface area contributed by atoms with E-state index in [1.54, 1.807) is 60.7 Å². The number of para-hydroxylation sites is 1. The lowest BCUT2D eigenvalue weighted by molar-refractivity contribution is 0.102. The predicted molar refractivity (Wildman–Crippen MR) is 118 cm³/mol. The Hall–Kier alpha value is -2.54. The molecule has 3 aromatic rings. The molecule has 0 saturated carbocycles. The van der Waals surface area contributed by atoms with Crippen molar-refractivity contribution in [3.63, 3.8) is 0 Å². The Morgan fingerprint density at radius 2 is 1.59 bits per heavy atom. The predicted octanol–water partition coefficient (Wildman–Crippen LogP) is 5.38. The van der Waals surface area contributed by atoms with E-state index in [9.17, 15) is 13.2 Å². The van der Waals surface area contributed by atoms with Crippen LogP contribution in [0, 0.1) is 6.92 Å². The van der Waals surface area contributed by atoms with Crippen molar-refractivity contribution in [1.29, 1.82) is 0 Å². The second kappa shape index (κ2) is 8.45. The maximum Gasteiger partial charge on any atom is 0.264 e. The van der Waals surface area contributed by atoms with Gasteiger partial charge in [0.2, 0.25) is 0 Å². The number of benzene rings is 3. The van der Waals surface area contributed by atoms with Crippen molar-refractivity contribution < 1.29 is 13.2 Å². The Morgan fingerprint density at radius 3 is 2.24 bits per heavy atom. The first kappa shape index (κ1) is 21.2. The van der Waals surface area contributed by atoms with Gasteiger partial charge in [0.1, 0.15) is 0 Å². The number of amides is 1. The highest BCUT2D eigenvalue weighted by molar-refractivity contribution is 7.92. The van der Waals surface area contributed by atoms with Gasteiger partial charge in [0.15, 0.2) is 0 Å². The van der Waals surface area contributed by atoms with Gasteiger partial charge in [-0.2, -0.15) is 0 Å². The zero-order valence-electron chi connectivity index (χ0n) is 15.7. The summed E-state index contributed by atoms with van der Waals surface area (Å²) in [5, 5.41) is 3.39. The van der Waals surface area contributed by atoms with Crippen LogP contribution >= 0.6 is 23.2 Å². The van der Waals surface area contributed by atoms with Crippen molar-refractivity contribution in [2.24, 2.45) is 0 Å². The molecular formula is C21H18Cl2N2O3S. The molecule has 0 saturated heterocycles. The molecule has 3 aromatic carbocycles. The van der Waals surface area contributed by atoms with Gasteiger partial charge in [-0.05, 0) is 49.4 Å². The number of sulfonamides is 1. The first-order valence-corrected chi connectivity index (χ1v) is 10.8. The Bertz CT molecular complexity index is 1160. The van der Waals surface area contributed by atoms with E-state index in [4.69, 9.17) is 23.2 Å². The van der Waals surface area contributed by atoms with Crippen LogP contribution in [0.5, 0.6) is 0 Å². The van der Waals surface area contributed by atoms with Crippen molar-refractivity contribution in [2.45, 2.75) is 11.8 Å². The number of carbonyl (C=O) groups is 1. The Balaban J connectivity index is 1.94. The fraction of sp³-hybridized carbons (Fsp3) is 0.0952. The third-order valence-corrected chi connectivity index (χ3v) is 6.87. The third kappa shape index (κ3) is 4.56. The summed E-state index contributed by atoms with van der Waals surface area (Å²) in [6.07, 6.45) is 0. The number of nitrogens with one attached hydrogen (secondary N) is 1. The van der Waals surface area contributed by atoms with E-state index in [0.29, 0.717) is 15.7 Å². The molecule has 0 radical (unpaired) electrons. The molecule has 150 valence electrons. The first-order valence-electron chi connectivity index (χ1n) is 8.61. The lowest BCUT2D eigenvalue weighted by Gasteiger charge is -2.22. The molecule has 0 bridgehead atoms. The van der Waals surface area contributed by atoms with Crippen molar-refractivity contribution in [1.82, 2.24) is 0 Å². The van der Waals surface area contributed by atoms with Crippen LogP contribution in [-0.2, 0) is 10.0 Å².